The summed E-state index contributed by atoms with van der Waals surface area (Å²) < 4.78 is 0. The molecule has 0 saturated heterocycles. The van der Waals surface area contributed by atoms with Gasteiger partial charge in [0, 0.05) is 0 Å². The van der Waals surface area contributed by atoms with E-state index in [4.69, 9.17) is 0 Å². The van der Waals surface area contributed by atoms with Crippen LogP contribution in [0.1, 0.15) is 0 Å². The van der Waals surface area contributed by atoms with Crippen molar-refractivity contribution in [1.29, 1.82) is 0 Å². The van der Waals surface area contributed by atoms with Gasteiger partial charge >= 0.3 is 30.2 Å². The van der Waals surface area contributed by atoms with E-state index in [-0.39, 0.29) is 24.8 Å². The molecule has 10 aromatic rings. The average Bonchev–Trinajstić information content (AvgIpc) is 3.90. The fourth-order valence-corrected chi connectivity index (χ4v) is 6.27. The minimum atomic E-state index is 0. The predicted molar refractivity (Wildman–Crippen MR) is 220 cm³/mol. The summed E-state index contributed by atoms with van der Waals surface area (Å²) in [5, 5.41) is 16.2. The van der Waals surface area contributed by atoms with Crippen molar-refractivity contribution >= 4 is 96.3 Å². The van der Waals surface area contributed by atoms with Gasteiger partial charge in [-0.25, -0.2) is 0 Å². The summed E-state index contributed by atoms with van der Waals surface area (Å²) in [5.74, 6) is 0. The number of fused-ring (bicyclic) bond motifs is 12. The smallest absolute Gasteiger partial charge is 0.0293 e. The molecule has 0 spiro atoms. The van der Waals surface area contributed by atoms with Crippen molar-refractivity contribution in [3.8, 4) is 0 Å². The van der Waals surface area contributed by atoms with Crippen molar-refractivity contribution in [2.75, 3.05) is 0 Å². The van der Waals surface area contributed by atoms with E-state index in [1.54, 1.807) is 0 Å². The van der Waals surface area contributed by atoms with Gasteiger partial charge < -0.3 is 0 Å². The molecule has 0 aliphatic rings. The number of hydrogen-bond acceptors (Lipinski definition) is 0. The maximum Gasteiger partial charge on any atom is -0.0293 e. The Bertz CT molecular complexity index is 2130. The summed E-state index contributed by atoms with van der Waals surface area (Å²) in [6.45, 7) is 3.06. The van der Waals surface area contributed by atoms with Crippen molar-refractivity contribution < 1.29 is 23.3 Å². The first-order chi connectivity index (χ1) is 23.9. The van der Waals surface area contributed by atoms with Gasteiger partial charge in [0.1, 0.15) is 0 Å². The number of hydrogen-bond donors (Lipinski definition) is 0. The minimum absolute atomic E-state index is 0. The number of rotatable bonds is 0. The van der Waals surface area contributed by atoms with E-state index >= 15 is 0 Å². The molecule has 0 unspecified atom stereocenters. The summed E-state index contributed by atoms with van der Waals surface area (Å²) in [6, 6.07) is 72.8. The third-order valence-corrected chi connectivity index (χ3v) is 8.30. The van der Waals surface area contributed by atoms with E-state index in [1.165, 1.54) is 88.0 Å². The van der Waals surface area contributed by atoms with Crippen molar-refractivity contribution in [3.05, 3.63) is 206 Å². The van der Waals surface area contributed by atoms with E-state index in [0.29, 0.717) is 0 Å². The Morgan fingerprint density at radius 2 is 0.560 bits per heavy atom. The third kappa shape index (κ3) is 8.70. The van der Waals surface area contributed by atoms with E-state index in [2.05, 4.69) is 152 Å². The average molecular weight is 777 g/mol. The second-order valence-electron chi connectivity index (χ2n) is 11.0. The molecule has 4 heteroatoms. The largest absolute Gasteiger partial charge is 0.184 e. The Balaban J connectivity index is 0.000000160. The van der Waals surface area contributed by atoms with Crippen molar-refractivity contribution in [2.24, 2.45) is 0 Å². The van der Waals surface area contributed by atoms with Gasteiger partial charge in [0.2, 0.25) is 0 Å². The molecule has 0 heterocycles. The Morgan fingerprint density at radius 1 is 0.320 bits per heavy atom. The van der Waals surface area contributed by atoms with E-state index in [1.807, 2.05) is 60.7 Å². The molecule has 0 atom stereocenters. The Hall–Kier alpha value is -4.30. The molecule has 0 aliphatic carbocycles. The van der Waals surface area contributed by atoms with Gasteiger partial charge in [-0.2, -0.15) is 97.1 Å². The SMILES string of the molecule is Cl.Cl.[Si]=[Zr].[c-]1ccccc1.[c-]1ccccc1.c1ccc2c(c1)c1ccccc1c1[cH-]ccc21.c1ccc2c(c1)c1ccccc1c1[cH-]ccc21. The molecule has 50 heavy (non-hydrogen) atoms. The fraction of sp³-hybridized carbons (Fsp3) is 0. The monoisotopic (exact) mass is 774 g/mol. The topological polar surface area (TPSA) is 0 Å². The van der Waals surface area contributed by atoms with Gasteiger partial charge in [0.25, 0.3) is 0 Å². The molecule has 0 fully saturated rings. The first kappa shape index (κ1) is 38.5. The molecule has 2 radical (unpaired) electrons. The minimum Gasteiger partial charge on any atom is -0.184 e. The molecule has 0 aromatic heterocycles. The standard InChI is InChI=1S/2C17H11.2C6H5.2ClH.Si.Zr/c2*1-3-8-14-12(6-1)13-7-2-4-9-15(13)17-11-5-10-16(14)17;2*1-2-4-6-5-3-1;;;;/h2*1-11H;2*1-5H;2*1H;;/q4*-1;;;;. The van der Waals surface area contributed by atoms with Crippen LogP contribution < -0.4 is 0 Å². The van der Waals surface area contributed by atoms with Gasteiger partial charge in [0.15, 0.2) is 0 Å². The maximum atomic E-state index is 3.06. The molecule has 0 nitrogen and oxygen atoms in total. The second kappa shape index (κ2) is 19.8. The van der Waals surface area contributed by atoms with Gasteiger partial charge in [-0.15, -0.1) is 58.5 Å². The molecule has 10 aromatic carbocycles. The number of halogens is 2. The molecule has 0 aliphatic heterocycles. The van der Waals surface area contributed by atoms with Crippen LogP contribution in [-0.2, 0) is 23.3 Å². The maximum absolute atomic E-state index is 3.06. The van der Waals surface area contributed by atoms with Gasteiger partial charge in [-0.3, -0.25) is 0 Å². The quantitative estimate of drug-likeness (QED) is 0.0817. The zero-order valence-electron chi connectivity index (χ0n) is 27.3. The summed E-state index contributed by atoms with van der Waals surface area (Å²) in [5.41, 5.74) is 0. The second-order valence-corrected chi connectivity index (χ2v) is 11.0. The molecule has 10 rings (SSSR count). The van der Waals surface area contributed by atoms with Crippen LogP contribution >= 0.6 is 24.8 Å². The molecule has 0 N–H and O–H groups in total. The van der Waals surface area contributed by atoms with Gasteiger partial charge in [-0.1, -0.05) is 129 Å². The van der Waals surface area contributed by atoms with Crippen LogP contribution in [0.4, 0.5) is 0 Å². The summed E-state index contributed by atoms with van der Waals surface area (Å²) in [6.07, 6.45) is 0. The van der Waals surface area contributed by atoms with Crippen molar-refractivity contribution in [3.63, 3.8) is 0 Å². The fourth-order valence-electron chi connectivity index (χ4n) is 6.27. The van der Waals surface area contributed by atoms with Crippen LogP contribution in [-0.4, -0.2) is 6.88 Å². The molecular weight excluding hydrogens is 743 g/mol. The molecular formula is C46H34Cl2SiZr-4. The normalized spacial score (nSPS) is 9.82. The first-order valence-electron chi connectivity index (χ1n) is 15.9. The van der Waals surface area contributed by atoms with E-state index in [0.717, 1.165) is 0 Å². The Labute approximate surface area is 323 Å². The van der Waals surface area contributed by atoms with Crippen molar-refractivity contribution in [2.45, 2.75) is 0 Å². The van der Waals surface area contributed by atoms with Crippen LogP contribution in [0.3, 0.4) is 0 Å². The summed E-state index contributed by atoms with van der Waals surface area (Å²) in [4.78, 5) is 0. The van der Waals surface area contributed by atoms with E-state index < -0.39 is 0 Å². The van der Waals surface area contributed by atoms with Gasteiger partial charge in [-0.05, 0) is 10.8 Å². The zero-order chi connectivity index (χ0) is 33.0. The molecule has 0 amide bonds. The van der Waals surface area contributed by atoms with Crippen LogP contribution in [0.25, 0.3) is 64.6 Å². The van der Waals surface area contributed by atoms with Crippen LogP contribution in [0.5, 0.6) is 0 Å². The third-order valence-electron chi connectivity index (χ3n) is 8.30. The van der Waals surface area contributed by atoms with Crippen LogP contribution in [0, 0.1) is 12.1 Å². The Morgan fingerprint density at radius 3 is 0.800 bits per heavy atom. The summed E-state index contributed by atoms with van der Waals surface area (Å²) >= 11 is 1.36. The predicted octanol–water partition coefficient (Wildman–Crippen LogP) is 13.2. The van der Waals surface area contributed by atoms with Gasteiger partial charge in [0.05, 0.1) is 0 Å². The molecule has 0 bridgehead atoms. The molecule has 0 saturated carbocycles. The van der Waals surface area contributed by atoms with Crippen molar-refractivity contribution in [1.82, 2.24) is 0 Å². The van der Waals surface area contributed by atoms with Crippen LogP contribution in [0.2, 0.25) is 0 Å². The summed E-state index contributed by atoms with van der Waals surface area (Å²) in [7, 11) is 0. The van der Waals surface area contributed by atoms with E-state index in [9.17, 15) is 0 Å². The first-order valence-corrected chi connectivity index (χ1v) is 20.1. The zero-order valence-corrected chi connectivity index (χ0v) is 32.4. The Kier molecular flexibility index (Phi) is 15.2. The van der Waals surface area contributed by atoms with Crippen LogP contribution in [0.15, 0.2) is 194 Å². The number of benzene rings is 8. The molecule has 244 valence electrons.